The van der Waals surface area contributed by atoms with E-state index in [9.17, 15) is 13.2 Å². The Hall–Kier alpha value is -3.16. The Morgan fingerprint density at radius 3 is 2.18 bits per heavy atom. The summed E-state index contributed by atoms with van der Waals surface area (Å²) < 4.78 is 33.7. The van der Waals surface area contributed by atoms with Crippen LogP contribution in [0.15, 0.2) is 71.6 Å². The lowest BCUT2D eigenvalue weighted by atomic mass is 10.1. The van der Waals surface area contributed by atoms with Crippen molar-refractivity contribution in [3.8, 4) is 0 Å². The van der Waals surface area contributed by atoms with E-state index in [1.807, 2.05) is 58.0 Å². The molecule has 0 bridgehead atoms. The quantitative estimate of drug-likeness (QED) is 0.467. The standard InChI is InChI=1S/C26H30N2O4S/c1-18(2)32-17-22-10-8-21(9-11-22)16-27-26(29)23-12-14-24(15-13-23)33(30,31)28-25-7-5-6-19(3)20(25)4/h5-15,18,28H,16-17H2,1-4H3,(H,27,29). The number of rotatable bonds is 9. The summed E-state index contributed by atoms with van der Waals surface area (Å²) in [5, 5.41) is 2.86. The average molecular weight is 467 g/mol. The molecule has 0 aliphatic heterocycles. The molecule has 0 unspecified atom stereocenters. The maximum absolute atomic E-state index is 12.7. The highest BCUT2D eigenvalue weighted by Crippen LogP contribution is 2.22. The van der Waals surface area contributed by atoms with Crippen LogP contribution in [0.3, 0.4) is 0 Å². The third-order valence-corrected chi connectivity index (χ3v) is 6.72. The Bertz CT molecular complexity index is 1200. The number of hydrogen-bond acceptors (Lipinski definition) is 4. The van der Waals surface area contributed by atoms with E-state index in [4.69, 9.17) is 4.74 Å². The summed E-state index contributed by atoms with van der Waals surface area (Å²) in [7, 11) is -3.76. The summed E-state index contributed by atoms with van der Waals surface area (Å²) in [6.07, 6.45) is 0.174. The normalized spacial score (nSPS) is 11.4. The Labute approximate surface area is 196 Å². The van der Waals surface area contributed by atoms with Crippen LogP contribution in [0, 0.1) is 13.8 Å². The van der Waals surface area contributed by atoms with Crippen LogP contribution in [0.4, 0.5) is 5.69 Å². The van der Waals surface area contributed by atoms with Crippen molar-refractivity contribution < 1.29 is 17.9 Å². The Morgan fingerprint density at radius 2 is 1.55 bits per heavy atom. The molecule has 0 aliphatic rings. The molecule has 3 rings (SSSR count). The van der Waals surface area contributed by atoms with E-state index in [-0.39, 0.29) is 16.9 Å². The van der Waals surface area contributed by atoms with Gasteiger partial charge in [-0.1, -0.05) is 36.4 Å². The minimum atomic E-state index is -3.76. The lowest BCUT2D eigenvalue weighted by molar-refractivity contribution is 0.0657. The number of nitrogens with one attached hydrogen (secondary N) is 2. The summed E-state index contributed by atoms with van der Waals surface area (Å²) in [5.41, 5.74) is 4.85. The van der Waals surface area contributed by atoms with E-state index in [0.717, 1.165) is 22.3 Å². The first-order valence-corrected chi connectivity index (χ1v) is 12.3. The van der Waals surface area contributed by atoms with Gasteiger partial charge in [-0.15, -0.1) is 0 Å². The number of aryl methyl sites for hydroxylation is 1. The van der Waals surface area contributed by atoms with Crippen molar-refractivity contribution in [2.75, 3.05) is 4.72 Å². The van der Waals surface area contributed by atoms with Gasteiger partial charge >= 0.3 is 0 Å². The zero-order valence-corrected chi connectivity index (χ0v) is 20.2. The van der Waals surface area contributed by atoms with E-state index in [0.29, 0.717) is 24.4 Å². The summed E-state index contributed by atoms with van der Waals surface area (Å²) in [6.45, 7) is 8.71. The molecule has 0 aromatic heterocycles. The summed E-state index contributed by atoms with van der Waals surface area (Å²) in [4.78, 5) is 12.6. The number of carbonyl (C=O) groups is 1. The second-order valence-electron chi connectivity index (χ2n) is 8.24. The topological polar surface area (TPSA) is 84.5 Å². The molecule has 0 radical (unpaired) electrons. The first kappa shape index (κ1) is 24.5. The average Bonchev–Trinajstić information content (AvgIpc) is 2.79. The van der Waals surface area contributed by atoms with Gasteiger partial charge in [-0.3, -0.25) is 9.52 Å². The lowest BCUT2D eigenvalue weighted by Gasteiger charge is -2.12. The SMILES string of the molecule is Cc1cccc(NS(=O)(=O)c2ccc(C(=O)NCc3ccc(COC(C)C)cc3)cc2)c1C. The second kappa shape index (κ2) is 10.6. The number of sulfonamides is 1. The van der Waals surface area contributed by atoms with Gasteiger partial charge in [-0.2, -0.15) is 0 Å². The molecule has 0 fully saturated rings. The molecule has 1 amide bonds. The number of benzene rings is 3. The first-order chi connectivity index (χ1) is 15.7. The fourth-order valence-electron chi connectivity index (χ4n) is 3.15. The first-order valence-electron chi connectivity index (χ1n) is 10.8. The third-order valence-electron chi connectivity index (χ3n) is 5.34. The van der Waals surface area contributed by atoms with E-state index in [2.05, 4.69) is 10.0 Å². The molecule has 0 heterocycles. The Kier molecular flexibility index (Phi) is 7.89. The molecular weight excluding hydrogens is 436 g/mol. The zero-order chi connectivity index (χ0) is 24.0. The van der Waals surface area contributed by atoms with Crippen molar-refractivity contribution >= 4 is 21.6 Å². The van der Waals surface area contributed by atoms with Crippen molar-refractivity contribution in [2.45, 2.75) is 51.8 Å². The van der Waals surface area contributed by atoms with Crippen LogP contribution in [0.25, 0.3) is 0 Å². The molecule has 33 heavy (non-hydrogen) atoms. The van der Waals surface area contributed by atoms with Gasteiger partial charge in [0, 0.05) is 12.1 Å². The Balaban J connectivity index is 1.60. The maximum Gasteiger partial charge on any atom is 0.261 e. The molecule has 0 spiro atoms. The van der Waals surface area contributed by atoms with Gasteiger partial charge in [-0.05, 0) is 80.3 Å². The van der Waals surface area contributed by atoms with Crippen LogP contribution in [-0.2, 0) is 27.9 Å². The fourth-order valence-corrected chi connectivity index (χ4v) is 4.27. The van der Waals surface area contributed by atoms with Gasteiger partial charge < -0.3 is 10.1 Å². The molecule has 0 aliphatic carbocycles. The second-order valence-corrected chi connectivity index (χ2v) is 9.92. The van der Waals surface area contributed by atoms with Crippen molar-refractivity contribution in [3.05, 3.63) is 94.5 Å². The number of carbonyl (C=O) groups excluding carboxylic acids is 1. The predicted molar refractivity (Wildman–Crippen MR) is 131 cm³/mol. The highest BCUT2D eigenvalue weighted by Gasteiger charge is 2.16. The van der Waals surface area contributed by atoms with Gasteiger partial charge in [0.05, 0.1) is 23.3 Å². The van der Waals surface area contributed by atoms with Crippen molar-refractivity contribution in [2.24, 2.45) is 0 Å². The van der Waals surface area contributed by atoms with Gasteiger partial charge in [0.1, 0.15) is 0 Å². The maximum atomic E-state index is 12.7. The zero-order valence-electron chi connectivity index (χ0n) is 19.4. The van der Waals surface area contributed by atoms with E-state index < -0.39 is 10.0 Å². The molecule has 0 saturated carbocycles. The van der Waals surface area contributed by atoms with Crippen LogP contribution in [-0.4, -0.2) is 20.4 Å². The van der Waals surface area contributed by atoms with Gasteiger partial charge in [0.25, 0.3) is 15.9 Å². The van der Waals surface area contributed by atoms with Crippen molar-refractivity contribution in [1.29, 1.82) is 0 Å². The monoisotopic (exact) mass is 466 g/mol. The van der Waals surface area contributed by atoms with Gasteiger partial charge in [0.2, 0.25) is 0 Å². The van der Waals surface area contributed by atoms with Gasteiger partial charge in [0.15, 0.2) is 0 Å². The molecule has 174 valence electrons. The summed E-state index contributed by atoms with van der Waals surface area (Å²) in [5.74, 6) is -0.270. The molecule has 6 nitrogen and oxygen atoms in total. The molecule has 0 atom stereocenters. The number of anilines is 1. The molecule has 0 saturated heterocycles. The molecular formula is C26H30N2O4S. The molecule has 7 heteroatoms. The largest absolute Gasteiger partial charge is 0.374 e. The number of ether oxygens (including phenoxy) is 1. The van der Waals surface area contributed by atoms with Crippen molar-refractivity contribution in [1.82, 2.24) is 5.32 Å². The summed E-state index contributed by atoms with van der Waals surface area (Å²) in [6, 6.07) is 19.2. The predicted octanol–water partition coefficient (Wildman–Crippen LogP) is 4.96. The molecule has 2 N–H and O–H groups in total. The van der Waals surface area contributed by atoms with Crippen molar-refractivity contribution in [3.63, 3.8) is 0 Å². The molecule has 3 aromatic carbocycles. The van der Waals surface area contributed by atoms with Crippen LogP contribution in [0.1, 0.15) is 46.5 Å². The minimum absolute atomic E-state index is 0.0964. The van der Waals surface area contributed by atoms with Crippen LogP contribution in [0.5, 0.6) is 0 Å². The van der Waals surface area contributed by atoms with E-state index >= 15 is 0 Å². The highest BCUT2D eigenvalue weighted by atomic mass is 32.2. The van der Waals surface area contributed by atoms with Crippen LogP contribution < -0.4 is 10.0 Å². The fraction of sp³-hybridized carbons (Fsp3) is 0.269. The third kappa shape index (κ3) is 6.66. The lowest BCUT2D eigenvalue weighted by Crippen LogP contribution is -2.23. The van der Waals surface area contributed by atoms with E-state index in [1.54, 1.807) is 12.1 Å². The Morgan fingerprint density at radius 1 is 0.909 bits per heavy atom. The number of hydrogen-bond donors (Lipinski definition) is 2. The minimum Gasteiger partial charge on any atom is -0.374 e. The highest BCUT2D eigenvalue weighted by molar-refractivity contribution is 7.92. The van der Waals surface area contributed by atoms with Crippen LogP contribution >= 0.6 is 0 Å². The van der Waals surface area contributed by atoms with E-state index in [1.165, 1.54) is 24.3 Å². The van der Waals surface area contributed by atoms with Gasteiger partial charge in [-0.25, -0.2) is 8.42 Å². The molecule has 3 aromatic rings. The number of amides is 1. The van der Waals surface area contributed by atoms with Crippen LogP contribution in [0.2, 0.25) is 0 Å². The smallest absolute Gasteiger partial charge is 0.261 e. The summed E-state index contributed by atoms with van der Waals surface area (Å²) >= 11 is 0.